The number of carbonyl (C=O) groups is 5. The van der Waals surface area contributed by atoms with Crippen molar-refractivity contribution in [3.05, 3.63) is 116 Å². The molecule has 0 N–H and O–H groups in total. The molecule has 5 saturated carbocycles. The van der Waals surface area contributed by atoms with Gasteiger partial charge in [0, 0.05) is 30.3 Å². The number of benzene rings is 5. The van der Waals surface area contributed by atoms with Gasteiger partial charge in [0.2, 0.25) is 0 Å². The van der Waals surface area contributed by atoms with Crippen molar-refractivity contribution in [1.82, 2.24) is 0 Å². The highest BCUT2D eigenvalue weighted by Gasteiger charge is 2.32. The standard InChI is InChI=1S/5C15H18ClO2S.5FH/c5*1-2-10-3-5-11(6-4-10)15(17)18-12-7-8-14(19)13(16)9-12;;;;;/h5*7-11H,2-6H2,1H3;5*1H. The minimum Gasteiger partial charge on any atom is -0.426 e. The summed E-state index contributed by atoms with van der Waals surface area (Å²) >= 11 is 54.7. The summed E-state index contributed by atoms with van der Waals surface area (Å²) < 4.78 is 26.9. The summed E-state index contributed by atoms with van der Waals surface area (Å²) in [7, 11) is 0. The SMILES string of the molecule is CCC1CCC(C(=O)Oc2ccc([S])c(Cl)c2)CC1.CCC1CCC(C(=O)Oc2ccc([S])c(Cl)c2)CC1.CCC1CCC(C(=O)Oc2ccc([S])c(Cl)c2)CC1.CCC1CCC(C(=O)Oc2ccc([S])c(Cl)c2)CC1.CCC1CCC(C(=O)Oc2ccc([S])c(Cl)c2)CC1.F.F.F.F.F. The highest BCUT2D eigenvalue weighted by Crippen LogP contribution is 2.39. The maximum absolute atomic E-state index is 12.1. The molecule has 0 spiro atoms. The molecule has 0 bridgehead atoms. The molecule has 5 aromatic carbocycles. The van der Waals surface area contributed by atoms with E-state index in [1.54, 1.807) is 91.0 Å². The van der Waals surface area contributed by atoms with Crippen LogP contribution < -0.4 is 23.7 Å². The van der Waals surface area contributed by atoms with Crippen molar-refractivity contribution in [3.8, 4) is 28.7 Å². The van der Waals surface area contributed by atoms with Gasteiger partial charge in [-0.3, -0.25) is 47.5 Å². The average Bonchev–Trinajstić information content (AvgIpc) is 0.886. The number of carbonyl (C=O) groups excluding carboxylic acids is 5. The van der Waals surface area contributed by atoms with E-state index in [2.05, 4.69) is 34.6 Å². The van der Waals surface area contributed by atoms with Gasteiger partial charge in [0.25, 0.3) is 0 Å². The fourth-order valence-electron chi connectivity index (χ4n) is 12.8. The molecule has 0 saturated heterocycles. The van der Waals surface area contributed by atoms with E-state index in [1.807, 2.05) is 0 Å². The molecule has 10 nitrogen and oxygen atoms in total. The minimum absolute atomic E-state index is 0. The Kier molecular flexibility index (Phi) is 45.5. The van der Waals surface area contributed by atoms with Crippen LogP contribution in [-0.4, -0.2) is 29.8 Å². The van der Waals surface area contributed by atoms with Gasteiger partial charge >= 0.3 is 29.8 Å². The minimum atomic E-state index is -0.136. The first-order valence-electron chi connectivity index (χ1n) is 33.9. The molecule has 10 rings (SSSR count). The van der Waals surface area contributed by atoms with E-state index in [4.69, 9.17) is 145 Å². The van der Waals surface area contributed by atoms with Crippen molar-refractivity contribution in [3.63, 3.8) is 0 Å². The summed E-state index contributed by atoms with van der Waals surface area (Å²) in [5.74, 6) is 5.79. The Morgan fingerprint density at radius 1 is 0.270 bits per heavy atom. The van der Waals surface area contributed by atoms with Gasteiger partial charge < -0.3 is 23.7 Å². The fourth-order valence-corrected chi connectivity index (χ4v) is 14.2. The summed E-state index contributed by atoms with van der Waals surface area (Å²) in [5.41, 5.74) is 0. The van der Waals surface area contributed by atoms with Crippen LogP contribution in [0.3, 0.4) is 0 Å². The molecule has 0 aliphatic heterocycles. The molecule has 5 aromatic rings. The Bertz CT molecular complexity index is 2790. The van der Waals surface area contributed by atoms with Gasteiger partial charge in [-0.2, -0.15) is 0 Å². The van der Waals surface area contributed by atoms with E-state index >= 15 is 0 Å². The van der Waals surface area contributed by atoms with Crippen LogP contribution in [0.4, 0.5) is 23.5 Å². The topological polar surface area (TPSA) is 132 Å². The molecule has 0 unspecified atom stereocenters. The predicted octanol–water partition coefficient (Wildman–Crippen LogP) is 25.9. The number of rotatable bonds is 15. The zero-order chi connectivity index (χ0) is 69.1. The lowest BCUT2D eigenvalue weighted by molar-refractivity contribution is -0.141. The van der Waals surface area contributed by atoms with Crippen LogP contribution in [0, 0.1) is 59.2 Å². The lowest BCUT2D eigenvalue weighted by Gasteiger charge is -2.26. The Labute approximate surface area is 640 Å². The van der Waals surface area contributed by atoms with Crippen molar-refractivity contribution >= 4 is 151 Å². The first kappa shape index (κ1) is 93.7. The van der Waals surface area contributed by atoms with E-state index in [1.165, 1.54) is 32.1 Å². The summed E-state index contributed by atoms with van der Waals surface area (Å²) in [6, 6.07) is 25.0. The number of hydrogen-bond donors (Lipinski definition) is 0. The third-order valence-electron chi connectivity index (χ3n) is 19.4. The second kappa shape index (κ2) is 48.6. The van der Waals surface area contributed by atoms with Gasteiger partial charge in [0.05, 0.1) is 79.2 Å². The monoisotopic (exact) mass is 1590 g/mol. The van der Waals surface area contributed by atoms with Gasteiger partial charge in [-0.05, 0) is 219 Å². The fraction of sp³-hybridized carbons (Fsp3) is 0.533. The first-order valence-corrected chi connectivity index (χ1v) is 37.8. The lowest BCUT2D eigenvalue weighted by atomic mass is 9.81. The largest absolute Gasteiger partial charge is 0.426 e. The van der Waals surface area contributed by atoms with Crippen LogP contribution in [0.5, 0.6) is 28.7 Å². The molecular formula is C75H95Cl5F5O10S5. The second-order valence-electron chi connectivity index (χ2n) is 25.7. The Balaban J connectivity index is 0.000000617. The van der Waals surface area contributed by atoms with E-state index in [9.17, 15) is 24.0 Å². The van der Waals surface area contributed by atoms with E-state index in [0.29, 0.717) is 78.3 Å². The van der Waals surface area contributed by atoms with Crippen LogP contribution >= 0.6 is 121 Å². The number of esters is 5. The zero-order valence-corrected chi connectivity index (χ0v) is 65.0. The summed E-state index contributed by atoms with van der Waals surface area (Å²) in [4.78, 5) is 63.2. The third-order valence-corrected chi connectivity index (χ3v) is 23.3. The molecule has 0 heterocycles. The van der Waals surface area contributed by atoms with Gasteiger partial charge in [0.1, 0.15) is 28.7 Å². The Morgan fingerprint density at radius 3 is 0.510 bits per heavy atom. The van der Waals surface area contributed by atoms with Crippen LogP contribution in [-0.2, 0) is 24.0 Å². The summed E-state index contributed by atoms with van der Waals surface area (Å²) in [6.45, 7) is 11.0. The third kappa shape index (κ3) is 31.1. The van der Waals surface area contributed by atoms with Gasteiger partial charge in [-0.15, -0.1) is 0 Å². The molecule has 5 radical (unpaired) electrons. The Morgan fingerprint density at radius 2 is 0.400 bits per heavy atom. The molecule has 5 aliphatic rings. The van der Waals surface area contributed by atoms with Gasteiger partial charge in [0.15, 0.2) is 0 Å². The first-order chi connectivity index (χ1) is 45.5. The normalized spacial score (nSPS) is 21.9. The van der Waals surface area contributed by atoms with Crippen molar-refractivity contribution < 1.29 is 71.2 Å². The van der Waals surface area contributed by atoms with Gasteiger partial charge in [-0.1, -0.05) is 188 Å². The maximum atomic E-state index is 12.1. The molecule has 100 heavy (non-hydrogen) atoms. The van der Waals surface area contributed by atoms with E-state index in [-0.39, 0.29) is 83.0 Å². The average molecular weight is 1590 g/mol. The van der Waals surface area contributed by atoms with Crippen LogP contribution in [0.25, 0.3) is 0 Å². The predicted molar refractivity (Wildman–Crippen MR) is 406 cm³/mol. The molecular weight excluding hydrogens is 1490 g/mol. The molecule has 555 valence electrons. The van der Waals surface area contributed by atoms with Gasteiger partial charge in [-0.25, -0.2) is 0 Å². The summed E-state index contributed by atoms with van der Waals surface area (Å²) in [6.07, 6.45) is 26.6. The van der Waals surface area contributed by atoms with Crippen molar-refractivity contribution in [2.24, 2.45) is 59.2 Å². The lowest BCUT2D eigenvalue weighted by Crippen LogP contribution is -2.25. The smallest absolute Gasteiger partial charge is 0.314 e. The van der Waals surface area contributed by atoms with Crippen LogP contribution in [0.2, 0.25) is 25.1 Å². The quantitative estimate of drug-likeness (QED) is 0.0567. The number of ether oxygens (including phenoxy) is 5. The van der Waals surface area contributed by atoms with Crippen LogP contribution in [0.1, 0.15) is 195 Å². The highest BCUT2D eigenvalue weighted by atomic mass is 35.5. The molecule has 5 fully saturated rings. The number of hydrogen-bond acceptors (Lipinski definition) is 10. The summed E-state index contributed by atoms with van der Waals surface area (Å²) in [5, 5.41) is 2.27. The molecule has 0 amide bonds. The van der Waals surface area contributed by atoms with Crippen molar-refractivity contribution in [2.75, 3.05) is 0 Å². The van der Waals surface area contributed by atoms with Crippen molar-refractivity contribution in [1.29, 1.82) is 0 Å². The molecule has 25 heteroatoms. The van der Waals surface area contributed by atoms with E-state index in [0.717, 1.165) is 158 Å². The molecule has 0 aromatic heterocycles. The second-order valence-corrected chi connectivity index (χ2v) is 29.9. The highest BCUT2D eigenvalue weighted by molar-refractivity contribution is 7.81. The molecule has 0 atom stereocenters. The molecule has 5 aliphatic carbocycles. The number of halogens is 10. The van der Waals surface area contributed by atoms with Crippen molar-refractivity contribution in [2.45, 2.75) is 220 Å². The maximum Gasteiger partial charge on any atom is 0.314 e. The van der Waals surface area contributed by atoms with Crippen LogP contribution in [0.15, 0.2) is 115 Å². The Hall–Kier alpha value is -4.35. The zero-order valence-electron chi connectivity index (χ0n) is 57.2. The van der Waals surface area contributed by atoms with E-state index < -0.39 is 0 Å².